The molecule has 2 nitrogen and oxygen atoms in total. The fraction of sp³-hybridized carbons (Fsp3) is 0.0455. The van der Waals surface area contributed by atoms with Gasteiger partial charge in [0, 0.05) is 11.3 Å². The lowest BCUT2D eigenvalue weighted by molar-refractivity contribution is 0.887. The minimum Gasteiger partial charge on any atom is -0.346 e. The van der Waals surface area contributed by atoms with E-state index >= 15 is 0 Å². The Kier molecular flexibility index (Phi) is 2.89. The van der Waals surface area contributed by atoms with Gasteiger partial charge in [0.05, 0.1) is 6.34 Å². The number of nitrogens with one attached hydrogen (secondary N) is 1. The molecule has 0 saturated heterocycles. The smallest absolute Gasteiger partial charge is 0.105 e. The molecule has 0 aromatic heterocycles. The van der Waals surface area contributed by atoms with Crippen LogP contribution in [0.4, 0.5) is 5.69 Å². The Balaban J connectivity index is 1.91. The van der Waals surface area contributed by atoms with Crippen molar-refractivity contribution < 1.29 is 0 Å². The number of rotatable bonds is 1. The predicted octanol–water partition coefficient (Wildman–Crippen LogP) is 5.54. The molecule has 114 valence electrons. The van der Waals surface area contributed by atoms with Crippen molar-refractivity contribution >= 4 is 33.6 Å². The van der Waals surface area contributed by atoms with Crippen LogP contribution in [0.3, 0.4) is 0 Å². The second-order valence-corrected chi connectivity index (χ2v) is 6.14. The number of benzene rings is 4. The average molecular weight is 308 g/mol. The molecule has 4 aromatic rings. The molecule has 1 aliphatic rings. The van der Waals surface area contributed by atoms with Crippen molar-refractivity contribution in [2.75, 3.05) is 5.32 Å². The standard InChI is InChI=1S/C22H16N2/c1-3-9-17-15(7-1)13-16-8-2-4-10-18(16)21(17)22-19-11-5-6-12-20(19)23-14-24-22/h1-14,22H,(H,23,24). The number of nitrogens with zero attached hydrogens (tertiary/aromatic N) is 1. The molecule has 0 amide bonds. The zero-order valence-electron chi connectivity index (χ0n) is 13.1. The maximum atomic E-state index is 4.81. The molecule has 1 heterocycles. The molecule has 0 bridgehead atoms. The Morgan fingerprint density at radius 3 is 2.08 bits per heavy atom. The third-order valence-electron chi connectivity index (χ3n) is 4.79. The average Bonchev–Trinajstić information content (AvgIpc) is 2.66. The van der Waals surface area contributed by atoms with E-state index in [1.54, 1.807) is 0 Å². The highest BCUT2D eigenvalue weighted by molar-refractivity contribution is 6.03. The minimum atomic E-state index is 0.0125. The molecule has 5 rings (SSSR count). The fourth-order valence-corrected chi connectivity index (χ4v) is 3.70. The van der Waals surface area contributed by atoms with Crippen LogP contribution >= 0.6 is 0 Å². The van der Waals surface area contributed by atoms with Crippen molar-refractivity contribution in [2.24, 2.45) is 4.99 Å². The molecule has 0 aliphatic carbocycles. The summed E-state index contributed by atoms with van der Waals surface area (Å²) in [5, 5.41) is 8.34. The number of fused-ring (bicyclic) bond motifs is 3. The van der Waals surface area contributed by atoms with E-state index in [9.17, 15) is 0 Å². The van der Waals surface area contributed by atoms with Crippen LogP contribution < -0.4 is 5.32 Å². The Morgan fingerprint density at radius 1 is 0.708 bits per heavy atom. The Hall–Kier alpha value is -3.13. The van der Waals surface area contributed by atoms with E-state index in [-0.39, 0.29) is 6.04 Å². The summed E-state index contributed by atoms with van der Waals surface area (Å²) in [5.74, 6) is 0. The molecular formula is C22H16N2. The van der Waals surface area contributed by atoms with Crippen LogP contribution in [-0.2, 0) is 0 Å². The van der Waals surface area contributed by atoms with Crippen LogP contribution in [0.25, 0.3) is 21.5 Å². The number of hydrogen-bond acceptors (Lipinski definition) is 2. The normalized spacial score (nSPS) is 16.1. The highest BCUT2D eigenvalue weighted by Gasteiger charge is 2.22. The first-order valence-corrected chi connectivity index (χ1v) is 8.19. The SMILES string of the molecule is C1=NC(c2c3ccccc3cc3ccccc23)c2ccccc2N1. The Morgan fingerprint density at radius 2 is 1.33 bits per heavy atom. The molecule has 1 N–H and O–H groups in total. The van der Waals surface area contributed by atoms with Crippen molar-refractivity contribution in [3.8, 4) is 0 Å². The van der Waals surface area contributed by atoms with Crippen molar-refractivity contribution in [3.05, 3.63) is 90.0 Å². The van der Waals surface area contributed by atoms with Crippen LogP contribution in [0.5, 0.6) is 0 Å². The molecule has 24 heavy (non-hydrogen) atoms. The molecule has 0 spiro atoms. The van der Waals surface area contributed by atoms with Crippen LogP contribution in [0, 0.1) is 0 Å². The molecular weight excluding hydrogens is 292 g/mol. The Bertz CT molecular complexity index is 1040. The van der Waals surface area contributed by atoms with Crippen molar-refractivity contribution in [3.63, 3.8) is 0 Å². The summed E-state index contributed by atoms with van der Waals surface area (Å²) in [6, 6.07) is 27.9. The van der Waals surface area contributed by atoms with Crippen LogP contribution in [0.15, 0.2) is 83.9 Å². The largest absolute Gasteiger partial charge is 0.346 e. The zero-order chi connectivity index (χ0) is 15.9. The Labute approximate surface area is 140 Å². The van der Waals surface area contributed by atoms with Gasteiger partial charge in [-0.1, -0.05) is 66.7 Å². The summed E-state index contributed by atoms with van der Waals surface area (Å²) in [4.78, 5) is 4.81. The van der Waals surface area contributed by atoms with Crippen molar-refractivity contribution in [1.82, 2.24) is 0 Å². The van der Waals surface area contributed by atoms with Gasteiger partial charge in [0.25, 0.3) is 0 Å². The predicted molar refractivity (Wildman–Crippen MR) is 102 cm³/mol. The molecule has 4 aromatic carbocycles. The van der Waals surface area contributed by atoms with E-state index < -0.39 is 0 Å². The van der Waals surface area contributed by atoms with Gasteiger partial charge < -0.3 is 5.32 Å². The van der Waals surface area contributed by atoms with E-state index in [1.165, 1.54) is 32.7 Å². The van der Waals surface area contributed by atoms with Gasteiger partial charge in [-0.25, -0.2) is 0 Å². The topological polar surface area (TPSA) is 24.4 Å². The monoisotopic (exact) mass is 308 g/mol. The molecule has 1 aliphatic heterocycles. The minimum absolute atomic E-state index is 0.0125. The molecule has 0 radical (unpaired) electrons. The van der Waals surface area contributed by atoms with Gasteiger partial charge >= 0.3 is 0 Å². The molecule has 0 fully saturated rings. The van der Waals surface area contributed by atoms with Gasteiger partial charge in [0.15, 0.2) is 0 Å². The molecule has 1 unspecified atom stereocenters. The second kappa shape index (κ2) is 5.20. The third kappa shape index (κ3) is 1.93. The van der Waals surface area contributed by atoms with Crippen LogP contribution in [0.1, 0.15) is 17.2 Å². The lowest BCUT2D eigenvalue weighted by Gasteiger charge is -2.24. The zero-order valence-corrected chi connectivity index (χ0v) is 13.1. The maximum absolute atomic E-state index is 4.81. The van der Waals surface area contributed by atoms with Crippen molar-refractivity contribution in [1.29, 1.82) is 0 Å². The lowest BCUT2D eigenvalue weighted by atomic mass is 9.88. The summed E-state index contributed by atoms with van der Waals surface area (Å²) in [6.45, 7) is 0. The van der Waals surface area contributed by atoms with Gasteiger partial charge in [-0.05, 0) is 39.2 Å². The summed E-state index contributed by atoms with van der Waals surface area (Å²) in [6.07, 6.45) is 1.82. The number of hydrogen-bond donors (Lipinski definition) is 1. The first kappa shape index (κ1) is 13.3. The van der Waals surface area contributed by atoms with Crippen LogP contribution in [-0.4, -0.2) is 6.34 Å². The molecule has 2 heteroatoms. The van der Waals surface area contributed by atoms with E-state index in [1.807, 2.05) is 6.34 Å². The third-order valence-corrected chi connectivity index (χ3v) is 4.79. The van der Waals surface area contributed by atoms with Gasteiger partial charge in [-0.3, -0.25) is 4.99 Å². The maximum Gasteiger partial charge on any atom is 0.105 e. The first-order valence-electron chi connectivity index (χ1n) is 8.19. The second-order valence-electron chi connectivity index (χ2n) is 6.14. The summed E-state index contributed by atoms with van der Waals surface area (Å²) in [7, 11) is 0. The summed E-state index contributed by atoms with van der Waals surface area (Å²) in [5.41, 5.74) is 3.64. The quantitative estimate of drug-likeness (QED) is 0.459. The van der Waals surface area contributed by atoms with E-state index in [2.05, 4.69) is 84.2 Å². The number of para-hydroxylation sites is 1. The van der Waals surface area contributed by atoms with Gasteiger partial charge in [0.2, 0.25) is 0 Å². The molecule has 0 saturated carbocycles. The number of aliphatic imine (C=N–C) groups is 1. The van der Waals surface area contributed by atoms with Gasteiger partial charge in [-0.2, -0.15) is 0 Å². The van der Waals surface area contributed by atoms with Gasteiger partial charge in [-0.15, -0.1) is 0 Å². The van der Waals surface area contributed by atoms with Gasteiger partial charge in [0.1, 0.15) is 6.04 Å². The van der Waals surface area contributed by atoms with E-state index in [0.717, 1.165) is 5.69 Å². The number of anilines is 1. The lowest BCUT2D eigenvalue weighted by Crippen LogP contribution is -2.11. The van der Waals surface area contributed by atoms with Crippen molar-refractivity contribution in [2.45, 2.75) is 6.04 Å². The molecule has 1 atom stereocenters. The first-order chi connectivity index (χ1) is 11.9. The highest BCUT2D eigenvalue weighted by atomic mass is 15.0. The van der Waals surface area contributed by atoms with Crippen LogP contribution in [0.2, 0.25) is 0 Å². The van der Waals surface area contributed by atoms with E-state index in [0.29, 0.717) is 0 Å². The fourth-order valence-electron chi connectivity index (χ4n) is 3.70. The highest BCUT2D eigenvalue weighted by Crippen LogP contribution is 2.40. The summed E-state index contributed by atoms with van der Waals surface area (Å²) >= 11 is 0. The summed E-state index contributed by atoms with van der Waals surface area (Å²) < 4.78 is 0. The van der Waals surface area contributed by atoms with E-state index in [4.69, 9.17) is 4.99 Å².